The fourth-order valence-electron chi connectivity index (χ4n) is 1.87. The molecule has 4 nitrogen and oxygen atoms in total. The Morgan fingerprint density at radius 1 is 1.05 bits per heavy atom. The third-order valence-electron chi connectivity index (χ3n) is 2.79. The number of imidazole rings is 1. The zero-order valence-electron chi connectivity index (χ0n) is 10.2. The summed E-state index contributed by atoms with van der Waals surface area (Å²) in [4.78, 5) is 19.2. The highest BCUT2D eigenvalue weighted by atomic mass is 16.5. The van der Waals surface area contributed by atoms with Crippen molar-refractivity contribution < 1.29 is 9.53 Å². The zero-order valence-corrected chi connectivity index (χ0v) is 10.2. The maximum Gasteiger partial charge on any atom is 0.338 e. The lowest BCUT2D eigenvalue weighted by Crippen LogP contribution is -2.05. The van der Waals surface area contributed by atoms with Crippen LogP contribution in [0, 0.1) is 0 Å². The first-order valence-corrected chi connectivity index (χ1v) is 5.99. The molecule has 0 amide bonds. The van der Waals surface area contributed by atoms with Crippen LogP contribution in [0.25, 0.3) is 11.0 Å². The molecule has 0 fully saturated rings. The van der Waals surface area contributed by atoms with E-state index in [1.54, 1.807) is 24.3 Å². The van der Waals surface area contributed by atoms with Crippen molar-refractivity contribution >= 4 is 17.0 Å². The Labute approximate surface area is 110 Å². The number of nitrogens with one attached hydrogen (secondary N) is 1. The molecule has 19 heavy (non-hydrogen) atoms. The number of carbonyl (C=O) groups is 1. The van der Waals surface area contributed by atoms with Gasteiger partial charge in [0.2, 0.25) is 0 Å². The first kappa shape index (κ1) is 11.5. The van der Waals surface area contributed by atoms with Gasteiger partial charge in [-0.15, -0.1) is 0 Å². The molecule has 1 N–H and O–H groups in total. The van der Waals surface area contributed by atoms with Gasteiger partial charge in [-0.05, 0) is 24.3 Å². The average Bonchev–Trinajstić information content (AvgIpc) is 2.88. The smallest absolute Gasteiger partial charge is 0.338 e. The first-order chi connectivity index (χ1) is 9.33. The molecule has 0 bridgehead atoms. The molecule has 0 saturated heterocycles. The van der Waals surface area contributed by atoms with E-state index < -0.39 is 0 Å². The van der Waals surface area contributed by atoms with Gasteiger partial charge in [0.15, 0.2) is 0 Å². The molecule has 2 aromatic carbocycles. The maximum absolute atomic E-state index is 11.8. The van der Waals surface area contributed by atoms with Crippen LogP contribution in [0.2, 0.25) is 0 Å². The SMILES string of the molecule is O=C(OCc1nc2ccccc2[nH]1)c1ccccc1. The van der Waals surface area contributed by atoms with Crippen LogP contribution in [0.4, 0.5) is 0 Å². The molecule has 1 heterocycles. The van der Waals surface area contributed by atoms with Gasteiger partial charge >= 0.3 is 5.97 Å². The second kappa shape index (κ2) is 4.94. The summed E-state index contributed by atoms with van der Waals surface area (Å²) in [5.41, 5.74) is 2.35. The van der Waals surface area contributed by atoms with Crippen LogP contribution in [0.3, 0.4) is 0 Å². The first-order valence-electron chi connectivity index (χ1n) is 5.99. The maximum atomic E-state index is 11.8. The van der Waals surface area contributed by atoms with Crippen LogP contribution in [-0.2, 0) is 11.3 Å². The Morgan fingerprint density at radius 2 is 1.79 bits per heavy atom. The standard InChI is InChI=1S/C15H12N2O2/c18-15(11-6-2-1-3-7-11)19-10-14-16-12-8-4-5-9-13(12)17-14/h1-9H,10H2,(H,16,17). The summed E-state index contributed by atoms with van der Waals surface area (Å²) >= 11 is 0. The average molecular weight is 252 g/mol. The van der Waals surface area contributed by atoms with Crippen molar-refractivity contribution in [2.24, 2.45) is 0 Å². The number of para-hydroxylation sites is 2. The third kappa shape index (κ3) is 2.47. The summed E-state index contributed by atoms with van der Waals surface area (Å²) in [6.45, 7) is 0.141. The molecule has 0 aliphatic rings. The molecule has 0 spiro atoms. The van der Waals surface area contributed by atoms with Crippen LogP contribution < -0.4 is 0 Å². The normalized spacial score (nSPS) is 10.5. The van der Waals surface area contributed by atoms with Crippen molar-refractivity contribution in [2.75, 3.05) is 0 Å². The molecule has 1 aromatic heterocycles. The molecule has 3 rings (SSSR count). The van der Waals surface area contributed by atoms with Crippen LogP contribution in [0.1, 0.15) is 16.2 Å². The number of carbonyl (C=O) groups excluding carboxylic acids is 1. The number of rotatable bonds is 3. The van der Waals surface area contributed by atoms with E-state index in [1.807, 2.05) is 30.3 Å². The molecule has 0 unspecified atom stereocenters. The highest BCUT2D eigenvalue weighted by Crippen LogP contribution is 2.11. The number of hydrogen-bond donors (Lipinski definition) is 1. The Morgan fingerprint density at radius 3 is 2.58 bits per heavy atom. The highest BCUT2D eigenvalue weighted by Gasteiger charge is 2.08. The predicted molar refractivity (Wildman–Crippen MR) is 71.7 cm³/mol. The van der Waals surface area contributed by atoms with Crippen molar-refractivity contribution in [2.45, 2.75) is 6.61 Å². The fourth-order valence-corrected chi connectivity index (χ4v) is 1.87. The van der Waals surface area contributed by atoms with E-state index in [4.69, 9.17) is 4.74 Å². The summed E-state index contributed by atoms with van der Waals surface area (Å²) in [5.74, 6) is 0.298. The van der Waals surface area contributed by atoms with Crippen molar-refractivity contribution in [3.63, 3.8) is 0 Å². The number of H-pyrrole nitrogens is 1. The van der Waals surface area contributed by atoms with Gasteiger partial charge in [0.25, 0.3) is 0 Å². The third-order valence-corrected chi connectivity index (χ3v) is 2.79. The topological polar surface area (TPSA) is 55.0 Å². The van der Waals surface area contributed by atoms with Crippen molar-refractivity contribution in [1.82, 2.24) is 9.97 Å². The Bertz CT molecular complexity index is 671. The number of aromatic nitrogens is 2. The fraction of sp³-hybridized carbons (Fsp3) is 0.0667. The van der Waals surface area contributed by atoms with Gasteiger partial charge in [-0.3, -0.25) is 0 Å². The number of hydrogen-bond acceptors (Lipinski definition) is 3. The minimum absolute atomic E-state index is 0.141. The molecule has 4 heteroatoms. The molecule has 3 aromatic rings. The van der Waals surface area contributed by atoms with Crippen molar-refractivity contribution in [3.8, 4) is 0 Å². The highest BCUT2D eigenvalue weighted by molar-refractivity contribution is 5.89. The summed E-state index contributed by atoms with van der Waals surface area (Å²) in [6.07, 6.45) is 0. The number of esters is 1. The lowest BCUT2D eigenvalue weighted by atomic mass is 10.2. The van der Waals surface area contributed by atoms with E-state index in [9.17, 15) is 4.79 Å². The summed E-state index contributed by atoms with van der Waals surface area (Å²) < 4.78 is 5.21. The second-order valence-corrected chi connectivity index (χ2v) is 4.14. The second-order valence-electron chi connectivity index (χ2n) is 4.14. The largest absolute Gasteiger partial charge is 0.454 e. The molecule has 0 atom stereocenters. The van der Waals surface area contributed by atoms with E-state index in [0.717, 1.165) is 11.0 Å². The molecule has 94 valence electrons. The van der Waals surface area contributed by atoms with Gasteiger partial charge in [-0.25, -0.2) is 9.78 Å². The number of ether oxygens (including phenoxy) is 1. The van der Waals surface area contributed by atoms with E-state index >= 15 is 0 Å². The Balaban J connectivity index is 1.71. The van der Waals surface area contributed by atoms with E-state index in [-0.39, 0.29) is 12.6 Å². The quantitative estimate of drug-likeness (QED) is 0.729. The van der Waals surface area contributed by atoms with Gasteiger partial charge in [0.05, 0.1) is 16.6 Å². The van der Waals surface area contributed by atoms with Crippen LogP contribution in [0.15, 0.2) is 54.6 Å². The minimum atomic E-state index is -0.346. The molecule has 0 radical (unpaired) electrons. The van der Waals surface area contributed by atoms with Crippen molar-refractivity contribution in [1.29, 1.82) is 0 Å². The predicted octanol–water partition coefficient (Wildman–Crippen LogP) is 2.92. The lowest BCUT2D eigenvalue weighted by molar-refractivity contribution is 0.0463. The summed E-state index contributed by atoms with van der Waals surface area (Å²) in [6, 6.07) is 16.6. The van der Waals surface area contributed by atoms with Gasteiger partial charge in [-0.1, -0.05) is 30.3 Å². The van der Waals surface area contributed by atoms with E-state index in [1.165, 1.54) is 0 Å². The molecular formula is C15H12N2O2. The van der Waals surface area contributed by atoms with Crippen LogP contribution in [-0.4, -0.2) is 15.9 Å². The molecule has 0 aliphatic carbocycles. The summed E-state index contributed by atoms with van der Waals surface area (Å²) in [7, 11) is 0. The van der Waals surface area contributed by atoms with Crippen LogP contribution >= 0.6 is 0 Å². The Kier molecular flexibility index (Phi) is 2.98. The lowest BCUT2D eigenvalue weighted by Gasteiger charge is -2.02. The molecule has 0 aliphatic heterocycles. The minimum Gasteiger partial charge on any atom is -0.454 e. The number of nitrogens with zero attached hydrogens (tertiary/aromatic N) is 1. The monoisotopic (exact) mass is 252 g/mol. The summed E-state index contributed by atoms with van der Waals surface area (Å²) in [5, 5.41) is 0. The zero-order chi connectivity index (χ0) is 13.1. The number of fused-ring (bicyclic) bond motifs is 1. The number of benzene rings is 2. The molecule has 0 saturated carbocycles. The number of aromatic amines is 1. The van der Waals surface area contributed by atoms with Gasteiger partial charge < -0.3 is 9.72 Å². The van der Waals surface area contributed by atoms with E-state index in [0.29, 0.717) is 11.4 Å². The van der Waals surface area contributed by atoms with Gasteiger partial charge in [0.1, 0.15) is 12.4 Å². The molecular weight excluding hydrogens is 240 g/mol. The van der Waals surface area contributed by atoms with Gasteiger partial charge in [-0.2, -0.15) is 0 Å². The Hall–Kier alpha value is -2.62. The van der Waals surface area contributed by atoms with Crippen LogP contribution in [0.5, 0.6) is 0 Å². The van der Waals surface area contributed by atoms with Gasteiger partial charge in [0, 0.05) is 0 Å². The van der Waals surface area contributed by atoms with E-state index in [2.05, 4.69) is 9.97 Å². The van der Waals surface area contributed by atoms with Crippen molar-refractivity contribution in [3.05, 3.63) is 66.0 Å².